The van der Waals surface area contributed by atoms with Crippen LogP contribution in [-0.2, 0) is 9.53 Å². The van der Waals surface area contributed by atoms with E-state index in [9.17, 15) is 4.79 Å². The third kappa shape index (κ3) is 6.39. The first-order valence-electron chi connectivity index (χ1n) is 7.47. The third-order valence-electron chi connectivity index (χ3n) is 4.07. The van der Waals surface area contributed by atoms with Crippen molar-refractivity contribution in [1.29, 1.82) is 0 Å². The SMILES string of the molecule is COCCC1(CNC(=O)C[C@@H](CN)CC(C)C)CC1. The van der Waals surface area contributed by atoms with Crippen molar-refractivity contribution in [1.82, 2.24) is 5.32 Å². The zero-order valence-electron chi connectivity index (χ0n) is 12.7. The number of hydrogen-bond acceptors (Lipinski definition) is 3. The van der Waals surface area contributed by atoms with Crippen LogP contribution in [-0.4, -0.2) is 32.7 Å². The normalized spacial score (nSPS) is 18.4. The molecule has 3 N–H and O–H groups in total. The molecule has 0 aromatic carbocycles. The van der Waals surface area contributed by atoms with Crippen LogP contribution in [0.3, 0.4) is 0 Å². The quantitative estimate of drug-likeness (QED) is 0.637. The smallest absolute Gasteiger partial charge is 0.220 e. The average Bonchev–Trinajstić information content (AvgIpc) is 3.13. The molecule has 0 radical (unpaired) electrons. The lowest BCUT2D eigenvalue weighted by molar-refractivity contribution is -0.122. The second-order valence-corrected chi connectivity index (χ2v) is 6.45. The van der Waals surface area contributed by atoms with E-state index >= 15 is 0 Å². The number of nitrogens with two attached hydrogens (primary N) is 1. The Balaban J connectivity index is 2.23. The molecule has 0 heterocycles. The molecule has 1 atom stereocenters. The van der Waals surface area contributed by atoms with Crippen LogP contribution < -0.4 is 11.1 Å². The van der Waals surface area contributed by atoms with Crippen molar-refractivity contribution in [2.24, 2.45) is 23.0 Å². The van der Waals surface area contributed by atoms with Gasteiger partial charge in [0.25, 0.3) is 0 Å². The van der Waals surface area contributed by atoms with E-state index in [0.717, 1.165) is 26.0 Å². The molecule has 4 heteroatoms. The lowest BCUT2D eigenvalue weighted by Gasteiger charge is -2.19. The maximum atomic E-state index is 11.9. The van der Waals surface area contributed by atoms with Gasteiger partial charge in [-0.2, -0.15) is 0 Å². The first kappa shape index (κ1) is 16.4. The molecule has 1 fully saturated rings. The van der Waals surface area contributed by atoms with Gasteiger partial charge in [-0.25, -0.2) is 0 Å². The van der Waals surface area contributed by atoms with Gasteiger partial charge < -0.3 is 15.8 Å². The summed E-state index contributed by atoms with van der Waals surface area (Å²) in [5, 5.41) is 3.08. The van der Waals surface area contributed by atoms with Crippen molar-refractivity contribution in [2.75, 3.05) is 26.8 Å². The molecule has 1 aliphatic carbocycles. The second kappa shape index (κ2) is 7.85. The lowest BCUT2D eigenvalue weighted by atomic mass is 9.94. The summed E-state index contributed by atoms with van der Waals surface area (Å²) in [5.41, 5.74) is 6.05. The minimum absolute atomic E-state index is 0.153. The molecular weight excluding hydrogens is 240 g/mol. The van der Waals surface area contributed by atoms with E-state index in [0.29, 0.717) is 30.2 Å². The van der Waals surface area contributed by atoms with E-state index in [2.05, 4.69) is 19.2 Å². The van der Waals surface area contributed by atoms with E-state index in [4.69, 9.17) is 10.5 Å². The number of carbonyl (C=O) groups excluding carboxylic acids is 1. The number of carbonyl (C=O) groups is 1. The van der Waals surface area contributed by atoms with E-state index < -0.39 is 0 Å². The van der Waals surface area contributed by atoms with E-state index in [1.165, 1.54) is 12.8 Å². The third-order valence-corrected chi connectivity index (χ3v) is 4.07. The molecule has 0 unspecified atom stereocenters. The molecule has 0 saturated heterocycles. The van der Waals surface area contributed by atoms with Crippen LogP contribution in [0.15, 0.2) is 0 Å². The van der Waals surface area contributed by atoms with Gasteiger partial charge in [-0.3, -0.25) is 4.79 Å². The van der Waals surface area contributed by atoms with Crippen LogP contribution in [0.2, 0.25) is 0 Å². The summed E-state index contributed by atoms with van der Waals surface area (Å²) in [6.07, 6.45) is 5.07. The Kier molecular flexibility index (Phi) is 6.80. The van der Waals surface area contributed by atoms with E-state index in [1.54, 1.807) is 7.11 Å². The average molecular weight is 270 g/mol. The zero-order chi connectivity index (χ0) is 14.3. The highest BCUT2D eigenvalue weighted by Gasteiger charge is 2.42. The summed E-state index contributed by atoms with van der Waals surface area (Å²) >= 11 is 0. The first-order chi connectivity index (χ1) is 9.01. The van der Waals surface area contributed by atoms with Crippen LogP contribution in [0, 0.1) is 17.3 Å². The number of amides is 1. The van der Waals surface area contributed by atoms with Crippen molar-refractivity contribution >= 4 is 5.91 Å². The molecule has 0 bridgehead atoms. The van der Waals surface area contributed by atoms with Crippen molar-refractivity contribution in [3.8, 4) is 0 Å². The van der Waals surface area contributed by atoms with Gasteiger partial charge in [0.2, 0.25) is 5.91 Å². The molecule has 0 spiro atoms. The maximum absolute atomic E-state index is 11.9. The second-order valence-electron chi connectivity index (χ2n) is 6.45. The minimum atomic E-state index is 0.153. The fourth-order valence-electron chi connectivity index (χ4n) is 2.56. The van der Waals surface area contributed by atoms with Crippen LogP contribution in [0.25, 0.3) is 0 Å². The van der Waals surface area contributed by atoms with Crippen LogP contribution in [0.1, 0.15) is 46.0 Å². The summed E-state index contributed by atoms with van der Waals surface area (Å²) in [6.45, 7) is 6.53. The molecule has 0 aromatic heterocycles. The fraction of sp³-hybridized carbons (Fsp3) is 0.933. The number of ether oxygens (including phenoxy) is 1. The van der Waals surface area contributed by atoms with Crippen LogP contribution in [0.5, 0.6) is 0 Å². The number of hydrogen-bond donors (Lipinski definition) is 2. The minimum Gasteiger partial charge on any atom is -0.385 e. The molecule has 0 aliphatic heterocycles. The Morgan fingerprint density at radius 3 is 2.58 bits per heavy atom. The number of rotatable bonds is 10. The molecule has 112 valence electrons. The Morgan fingerprint density at radius 2 is 2.11 bits per heavy atom. The zero-order valence-corrected chi connectivity index (χ0v) is 12.7. The van der Waals surface area contributed by atoms with Gasteiger partial charge in [0.1, 0.15) is 0 Å². The molecule has 1 rings (SSSR count). The highest BCUT2D eigenvalue weighted by molar-refractivity contribution is 5.76. The van der Waals surface area contributed by atoms with Crippen LogP contribution >= 0.6 is 0 Å². The van der Waals surface area contributed by atoms with Gasteiger partial charge in [0.05, 0.1) is 0 Å². The Labute approximate surface area is 117 Å². The van der Waals surface area contributed by atoms with Crippen LogP contribution in [0.4, 0.5) is 0 Å². The maximum Gasteiger partial charge on any atom is 0.220 e. The Morgan fingerprint density at radius 1 is 1.42 bits per heavy atom. The molecule has 1 saturated carbocycles. The standard InChI is InChI=1S/C15H30N2O2/c1-12(2)8-13(10-16)9-14(18)17-11-15(4-5-15)6-7-19-3/h12-13H,4-11,16H2,1-3H3,(H,17,18)/t13-/m0/s1. The monoisotopic (exact) mass is 270 g/mol. The van der Waals surface area contributed by atoms with Crippen molar-refractivity contribution in [2.45, 2.75) is 46.0 Å². The van der Waals surface area contributed by atoms with Gasteiger partial charge in [-0.1, -0.05) is 13.8 Å². The Hall–Kier alpha value is -0.610. The highest BCUT2D eigenvalue weighted by Crippen LogP contribution is 2.48. The molecule has 1 amide bonds. The molecular formula is C15H30N2O2. The van der Waals surface area contributed by atoms with Crippen molar-refractivity contribution < 1.29 is 9.53 Å². The molecule has 1 aliphatic rings. The Bertz CT molecular complexity index is 275. The van der Waals surface area contributed by atoms with Gasteiger partial charge in [0.15, 0.2) is 0 Å². The van der Waals surface area contributed by atoms with Gasteiger partial charge in [-0.15, -0.1) is 0 Å². The topological polar surface area (TPSA) is 64.3 Å². The van der Waals surface area contributed by atoms with Gasteiger partial charge in [-0.05, 0) is 49.5 Å². The molecule has 19 heavy (non-hydrogen) atoms. The lowest BCUT2D eigenvalue weighted by Crippen LogP contribution is -2.33. The predicted molar refractivity (Wildman–Crippen MR) is 77.8 cm³/mol. The van der Waals surface area contributed by atoms with Gasteiger partial charge >= 0.3 is 0 Å². The number of methoxy groups -OCH3 is 1. The first-order valence-corrected chi connectivity index (χ1v) is 7.47. The summed E-state index contributed by atoms with van der Waals surface area (Å²) < 4.78 is 5.12. The van der Waals surface area contributed by atoms with E-state index in [1.807, 2.05) is 0 Å². The highest BCUT2D eigenvalue weighted by atomic mass is 16.5. The fourth-order valence-corrected chi connectivity index (χ4v) is 2.56. The summed E-state index contributed by atoms with van der Waals surface area (Å²) in [6, 6.07) is 0. The summed E-state index contributed by atoms with van der Waals surface area (Å²) in [4.78, 5) is 11.9. The largest absolute Gasteiger partial charge is 0.385 e. The molecule has 0 aromatic rings. The van der Waals surface area contributed by atoms with Gasteiger partial charge in [0, 0.05) is 26.7 Å². The number of nitrogens with one attached hydrogen (secondary N) is 1. The van der Waals surface area contributed by atoms with Crippen molar-refractivity contribution in [3.63, 3.8) is 0 Å². The predicted octanol–water partition coefficient (Wildman–Crippen LogP) is 1.93. The van der Waals surface area contributed by atoms with Crippen molar-refractivity contribution in [3.05, 3.63) is 0 Å². The van der Waals surface area contributed by atoms with E-state index in [-0.39, 0.29) is 5.91 Å². The summed E-state index contributed by atoms with van der Waals surface area (Å²) in [5.74, 6) is 1.06. The molecule has 4 nitrogen and oxygen atoms in total. The summed E-state index contributed by atoms with van der Waals surface area (Å²) in [7, 11) is 1.73.